The van der Waals surface area contributed by atoms with Crippen LogP contribution >= 0.6 is 0 Å². The zero-order valence-corrected chi connectivity index (χ0v) is 22.9. The Morgan fingerprint density at radius 1 is 1.10 bits per heavy atom. The monoisotopic (exact) mass is 555 g/mol. The number of rotatable bonds is 11. The first-order valence-electron chi connectivity index (χ1n) is 12.6. The molecular weight excluding hydrogens is 522 g/mol. The fourth-order valence-electron chi connectivity index (χ4n) is 4.80. The number of carbonyl (C=O) groups is 2. The molecule has 0 bridgehead atoms. The Balaban J connectivity index is 1.62. The van der Waals surface area contributed by atoms with Crippen molar-refractivity contribution in [3.05, 3.63) is 58.8 Å². The van der Waals surface area contributed by atoms with Crippen LogP contribution in [-0.4, -0.2) is 66.9 Å². The highest BCUT2D eigenvalue weighted by Gasteiger charge is 2.44. The molecule has 13 heteroatoms. The van der Waals surface area contributed by atoms with Crippen LogP contribution in [0.15, 0.2) is 46.4 Å². The summed E-state index contributed by atoms with van der Waals surface area (Å²) >= 11 is 0. The van der Waals surface area contributed by atoms with E-state index in [1.165, 1.54) is 6.07 Å². The lowest BCUT2D eigenvalue weighted by Crippen LogP contribution is -2.65. The molecule has 1 unspecified atom stereocenters. The molecule has 1 amide bonds. The number of guanidine groups is 1. The SMILES string of the molecule is Cc1cc(C)c(S(=O)(=O)NC(CCCCNC2=NCCN2)(NC(=O)c2ccc3[nH]ncc3c2)C(=O)O)c(C)c1. The van der Waals surface area contributed by atoms with Gasteiger partial charge >= 0.3 is 5.97 Å². The van der Waals surface area contributed by atoms with Crippen LogP contribution in [0.25, 0.3) is 10.9 Å². The number of aliphatic imine (C=N–C) groups is 1. The van der Waals surface area contributed by atoms with Crippen LogP contribution in [-0.2, 0) is 14.8 Å². The predicted octanol–water partition coefficient (Wildman–Crippen LogP) is 1.70. The standard InChI is InChI=1S/C26H33N7O5S/c1-16-12-17(2)22(18(3)13-16)39(37,38)33-26(24(35)36,8-4-5-9-27-25-28-10-11-29-25)31-23(34)19-6-7-21-20(14-19)15-30-32-21/h6-7,12-15,33H,4-5,8-11H2,1-3H3,(H,30,32)(H,31,34)(H,35,36)(H2,27,28,29). The molecule has 4 rings (SSSR count). The van der Waals surface area contributed by atoms with E-state index in [-0.39, 0.29) is 16.9 Å². The number of unbranched alkanes of at least 4 members (excludes halogenated alkanes) is 1. The van der Waals surface area contributed by atoms with Gasteiger partial charge in [-0.2, -0.15) is 9.82 Å². The number of carbonyl (C=O) groups excluding carboxylic acids is 1. The first-order chi connectivity index (χ1) is 18.5. The summed E-state index contributed by atoms with van der Waals surface area (Å²) in [6, 6.07) is 8.16. The van der Waals surface area contributed by atoms with Crippen LogP contribution < -0.4 is 20.7 Å². The smallest absolute Gasteiger partial charge is 0.345 e. The van der Waals surface area contributed by atoms with Gasteiger partial charge < -0.3 is 21.1 Å². The van der Waals surface area contributed by atoms with Crippen molar-refractivity contribution >= 4 is 38.8 Å². The molecule has 0 saturated carbocycles. The maximum atomic E-state index is 13.7. The number of aromatic amines is 1. The third-order valence-electron chi connectivity index (χ3n) is 6.52. The van der Waals surface area contributed by atoms with Gasteiger partial charge in [0.05, 0.1) is 23.2 Å². The average Bonchev–Trinajstić information content (AvgIpc) is 3.54. The third kappa shape index (κ3) is 6.37. The van der Waals surface area contributed by atoms with Crippen molar-refractivity contribution in [3.8, 4) is 0 Å². The summed E-state index contributed by atoms with van der Waals surface area (Å²) in [5.41, 5.74) is 0.411. The number of nitrogens with zero attached hydrogens (tertiary/aromatic N) is 2. The topological polar surface area (TPSA) is 178 Å². The quantitative estimate of drug-likeness (QED) is 0.153. The second kappa shape index (κ2) is 11.4. The second-order valence-corrected chi connectivity index (χ2v) is 11.3. The molecule has 0 fully saturated rings. The average molecular weight is 556 g/mol. The van der Waals surface area contributed by atoms with E-state index in [2.05, 4.69) is 35.9 Å². The van der Waals surface area contributed by atoms with Gasteiger partial charge in [-0.15, -0.1) is 0 Å². The van der Waals surface area contributed by atoms with E-state index in [1.54, 1.807) is 44.3 Å². The van der Waals surface area contributed by atoms with Crippen LogP contribution in [0.2, 0.25) is 0 Å². The molecule has 3 aromatic rings. The van der Waals surface area contributed by atoms with Crippen molar-refractivity contribution in [3.63, 3.8) is 0 Å². The number of nitrogens with one attached hydrogen (secondary N) is 5. The Morgan fingerprint density at radius 2 is 1.85 bits per heavy atom. The molecule has 0 saturated heterocycles. The molecular formula is C26H33N7O5S. The van der Waals surface area contributed by atoms with Crippen molar-refractivity contribution in [1.82, 2.24) is 30.9 Å². The Bertz CT molecular complexity index is 1510. The summed E-state index contributed by atoms with van der Waals surface area (Å²) in [5, 5.41) is 26.5. The molecule has 1 aliphatic rings. The Morgan fingerprint density at radius 3 is 2.51 bits per heavy atom. The molecule has 6 N–H and O–H groups in total. The lowest BCUT2D eigenvalue weighted by atomic mass is 10.0. The number of aliphatic carboxylic acids is 1. The van der Waals surface area contributed by atoms with Crippen molar-refractivity contribution in [2.24, 2.45) is 4.99 Å². The van der Waals surface area contributed by atoms with Gasteiger partial charge in [0.15, 0.2) is 5.96 Å². The minimum absolute atomic E-state index is 0.0141. The summed E-state index contributed by atoms with van der Waals surface area (Å²) < 4.78 is 29.7. The minimum atomic E-state index is -4.36. The number of carboxylic acids is 1. The molecule has 12 nitrogen and oxygen atoms in total. The van der Waals surface area contributed by atoms with Crippen molar-refractivity contribution in [1.29, 1.82) is 0 Å². The highest BCUT2D eigenvalue weighted by molar-refractivity contribution is 7.89. The number of aromatic nitrogens is 2. The number of hydrogen-bond donors (Lipinski definition) is 6. The van der Waals surface area contributed by atoms with Crippen molar-refractivity contribution < 1.29 is 23.1 Å². The number of fused-ring (bicyclic) bond motifs is 1. The highest BCUT2D eigenvalue weighted by Crippen LogP contribution is 2.25. The van der Waals surface area contributed by atoms with Crippen molar-refractivity contribution in [2.45, 2.75) is 50.6 Å². The predicted molar refractivity (Wildman–Crippen MR) is 147 cm³/mol. The van der Waals surface area contributed by atoms with Gasteiger partial charge in [-0.25, -0.2) is 13.2 Å². The van der Waals surface area contributed by atoms with Gasteiger partial charge in [-0.1, -0.05) is 17.7 Å². The van der Waals surface area contributed by atoms with Gasteiger partial charge in [-0.3, -0.25) is 14.9 Å². The van der Waals surface area contributed by atoms with E-state index in [4.69, 9.17) is 0 Å². The van der Waals surface area contributed by atoms with E-state index in [1.807, 2.05) is 6.92 Å². The van der Waals surface area contributed by atoms with E-state index >= 15 is 0 Å². The Kier molecular flexibility index (Phi) is 8.21. The molecule has 2 aromatic carbocycles. The zero-order chi connectivity index (χ0) is 28.2. The van der Waals surface area contributed by atoms with E-state index in [9.17, 15) is 23.1 Å². The van der Waals surface area contributed by atoms with Crippen LogP contribution in [0.1, 0.15) is 46.3 Å². The molecule has 1 aliphatic heterocycles. The fraction of sp³-hybridized carbons (Fsp3) is 0.385. The highest BCUT2D eigenvalue weighted by atomic mass is 32.2. The van der Waals surface area contributed by atoms with E-state index in [0.717, 1.165) is 12.1 Å². The Hall–Kier alpha value is -3.97. The lowest BCUT2D eigenvalue weighted by molar-refractivity contribution is -0.145. The molecule has 1 atom stereocenters. The normalized spacial score (nSPS) is 14.9. The second-order valence-electron chi connectivity index (χ2n) is 9.71. The van der Waals surface area contributed by atoms with Crippen LogP contribution in [0, 0.1) is 20.8 Å². The number of hydrogen-bond acceptors (Lipinski definition) is 8. The largest absolute Gasteiger partial charge is 0.478 e. The maximum Gasteiger partial charge on any atom is 0.345 e. The first-order valence-corrected chi connectivity index (χ1v) is 14.1. The lowest BCUT2D eigenvalue weighted by Gasteiger charge is -2.32. The van der Waals surface area contributed by atoms with Gasteiger partial charge in [0, 0.05) is 24.0 Å². The van der Waals surface area contributed by atoms with Crippen LogP contribution in [0.5, 0.6) is 0 Å². The van der Waals surface area contributed by atoms with Crippen LogP contribution in [0.4, 0.5) is 0 Å². The minimum Gasteiger partial charge on any atom is -0.478 e. The number of benzene rings is 2. The molecule has 2 heterocycles. The number of sulfonamides is 1. The van der Waals surface area contributed by atoms with Gasteiger partial charge in [0.1, 0.15) is 0 Å². The van der Waals surface area contributed by atoms with E-state index in [0.29, 0.717) is 53.9 Å². The summed E-state index contributed by atoms with van der Waals surface area (Å²) in [4.78, 5) is 30.3. The molecule has 0 spiro atoms. The van der Waals surface area contributed by atoms with E-state index < -0.39 is 27.6 Å². The molecule has 39 heavy (non-hydrogen) atoms. The summed E-state index contributed by atoms with van der Waals surface area (Å²) in [6.45, 7) is 7.09. The fourth-order valence-corrected chi connectivity index (χ4v) is 6.57. The van der Waals surface area contributed by atoms with Gasteiger partial charge in [0.25, 0.3) is 5.91 Å². The number of carboxylic acid groups (broad SMARTS) is 1. The van der Waals surface area contributed by atoms with Crippen LogP contribution in [0.3, 0.4) is 0 Å². The molecule has 1 aromatic heterocycles. The summed E-state index contributed by atoms with van der Waals surface area (Å²) in [5.74, 6) is -1.57. The third-order valence-corrected chi connectivity index (χ3v) is 8.32. The first kappa shape index (κ1) is 28.0. The Labute approximate surface area is 226 Å². The number of amides is 1. The number of H-pyrrole nitrogens is 1. The molecule has 0 aliphatic carbocycles. The van der Waals surface area contributed by atoms with Gasteiger partial charge in [-0.05, 0) is 69.4 Å². The molecule has 208 valence electrons. The van der Waals surface area contributed by atoms with Gasteiger partial charge in [0.2, 0.25) is 15.7 Å². The van der Waals surface area contributed by atoms with Crippen molar-refractivity contribution in [2.75, 3.05) is 19.6 Å². The molecule has 0 radical (unpaired) electrons. The summed E-state index contributed by atoms with van der Waals surface area (Å²) in [6.07, 6.45) is 2.16. The number of aryl methyl sites for hydroxylation is 3. The zero-order valence-electron chi connectivity index (χ0n) is 22.1. The summed E-state index contributed by atoms with van der Waals surface area (Å²) in [7, 11) is -4.36. The maximum absolute atomic E-state index is 13.7.